The van der Waals surface area contributed by atoms with Crippen LogP contribution < -0.4 is 10.5 Å². The molecule has 0 fully saturated rings. The molecule has 0 saturated heterocycles. The number of carbonyl (C=O) groups is 1. The first-order valence-electron chi connectivity index (χ1n) is 5.68. The van der Waals surface area contributed by atoms with E-state index in [2.05, 4.69) is 4.90 Å². The summed E-state index contributed by atoms with van der Waals surface area (Å²) in [6, 6.07) is 5.19. The second-order valence-electron chi connectivity index (χ2n) is 4.31. The van der Waals surface area contributed by atoms with Gasteiger partial charge in [0, 0.05) is 23.9 Å². The van der Waals surface area contributed by atoms with Gasteiger partial charge in [0.2, 0.25) is 0 Å². The molecule has 1 rings (SSSR count). The molecule has 0 saturated carbocycles. The average Bonchev–Trinajstić information content (AvgIpc) is 2.23. The normalized spacial score (nSPS) is 10.6. The van der Waals surface area contributed by atoms with Gasteiger partial charge in [-0.3, -0.25) is 4.79 Å². The maximum absolute atomic E-state index is 11.2. The second-order valence-corrected chi connectivity index (χ2v) is 4.31. The van der Waals surface area contributed by atoms with Crippen molar-refractivity contribution in [2.24, 2.45) is 0 Å². The predicted molar refractivity (Wildman–Crippen MR) is 69.5 cm³/mol. The van der Waals surface area contributed by atoms with Gasteiger partial charge in [0.15, 0.2) is 5.78 Å². The van der Waals surface area contributed by atoms with Crippen LogP contribution in [0.5, 0.6) is 5.75 Å². The number of benzene rings is 1. The minimum atomic E-state index is -0.0262. The third-order valence-corrected chi connectivity index (χ3v) is 2.42. The summed E-state index contributed by atoms with van der Waals surface area (Å²) in [6.45, 7) is 3.14. The molecule has 1 aromatic rings. The number of nitrogens with two attached hydrogens (primary N) is 1. The summed E-state index contributed by atoms with van der Waals surface area (Å²) in [5.74, 6) is 0.688. The molecule has 0 atom stereocenters. The van der Waals surface area contributed by atoms with E-state index in [1.807, 2.05) is 14.1 Å². The molecule has 0 heterocycles. The Labute approximate surface area is 102 Å². The smallest absolute Gasteiger partial charge is 0.161 e. The predicted octanol–water partition coefficient (Wildman–Crippen LogP) is 1.80. The zero-order valence-electron chi connectivity index (χ0n) is 10.7. The van der Waals surface area contributed by atoms with Crippen molar-refractivity contribution >= 4 is 11.5 Å². The first kappa shape index (κ1) is 13.5. The molecule has 94 valence electrons. The quantitative estimate of drug-likeness (QED) is 0.465. The first-order chi connectivity index (χ1) is 8.00. The van der Waals surface area contributed by atoms with Crippen LogP contribution in [-0.4, -0.2) is 37.9 Å². The first-order valence-corrected chi connectivity index (χ1v) is 5.68. The maximum atomic E-state index is 11.2. The van der Waals surface area contributed by atoms with Gasteiger partial charge in [-0.25, -0.2) is 0 Å². The lowest BCUT2D eigenvalue weighted by atomic mass is 10.1. The van der Waals surface area contributed by atoms with Crippen LogP contribution in [0.25, 0.3) is 0 Å². The van der Waals surface area contributed by atoms with E-state index in [4.69, 9.17) is 10.5 Å². The van der Waals surface area contributed by atoms with E-state index < -0.39 is 0 Å². The fourth-order valence-electron chi connectivity index (χ4n) is 1.52. The lowest BCUT2D eigenvalue weighted by Crippen LogP contribution is -2.15. The Hall–Kier alpha value is -1.55. The highest BCUT2D eigenvalue weighted by atomic mass is 16.5. The van der Waals surface area contributed by atoms with Crippen molar-refractivity contribution in [1.82, 2.24) is 4.90 Å². The number of ketones is 1. The van der Waals surface area contributed by atoms with Crippen LogP contribution in [0.4, 0.5) is 5.69 Å². The molecule has 4 nitrogen and oxygen atoms in total. The molecule has 17 heavy (non-hydrogen) atoms. The van der Waals surface area contributed by atoms with Gasteiger partial charge in [-0.2, -0.15) is 0 Å². The third kappa shape index (κ3) is 4.44. The lowest BCUT2D eigenvalue weighted by Gasteiger charge is -2.11. The summed E-state index contributed by atoms with van der Waals surface area (Å²) in [5.41, 5.74) is 6.79. The average molecular weight is 236 g/mol. The second kappa shape index (κ2) is 6.25. The van der Waals surface area contributed by atoms with Crippen LogP contribution in [0.2, 0.25) is 0 Å². The number of ether oxygens (including phenoxy) is 1. The van der Waals surface area contributed by atoms with Crippen LogP contribution >= 0.6 is 0 Å². The topological polar surface area (TPSA) is 55.6 Å². The molecule has 0 aliphatic carbocycles. The number of carbonyl (C=O) groups excluding carboxylic acids is 1. The van der Waals surface area contributed by atoms with Crippen molar-refractivity contribution in [3.05, 3.63) is 23.8 Å². The van der Waals surface area contributed by atoms with Crippen molar-refractivity contribution in [2.75, 3.05) is 33.0 Å². The molecular formula is C13H20N2O2. The Kier molecular flexibility index (Phi) is 4.97. The highest BCUT2D eigenvalue weighted by Crippen LogP contribution is 2.20. The number of hydrogen-bond donors (Lipinski definition) is 1. The van der Waals surface area contributed by atoms with Gasteiger partial charge in [-0.05, 0) is 39.6 Å². The molecule has 0 unspecified atom stereocenters. The summed E-state index contributed by atoms with van der Waals surface area (Å²) in [4.78, 5) is 13.3. The van der Waals surface area contributed by atoms with E-state index in [-0.39, 0.29) is 5.78 Å². The molecule has 0 aliphatic rings. The third-order valence-electron chi connectivity index (χ3n) is 2.42. The Morgan fingerprint density at radius 3 is 2.65 bits per heavy atom. The van der Waals surface area contributed by atoms with Gasteiger partial charge in [0.25, 0.3) is 0 Å². The van der Waals surface area contributed by atoms with E-state index >= 15 is 0 Å². The summed E-state index contributed by atoms with van der Waals surface area (Å²) in [5, 5.41) is 0. The maximum Gasteiger partial charge on any atom is 0.161 e. The van der Waals surface area contributed by atoms with Crippen LogP contribution in [-0.2, 0) is 0 Å². The zero-order valence-corrected chi connectivity index (χ0v) is 10.7. The molecule has 0 bridgehead atoms. The molecule has 1 aromatic carbocycles. The molecule has 0 spiro atoms. The number of Topliss-reactive ketones (excluding diaryl/α,β-unsaturated/α-hetero) is 1. The molecular weight excluding hydrogens is 216 g/mol. The molecule has 2 N–H and O–H groups in total. The van der Waals surface area contributed by atoms with Crippen LogP contribution in [0, 0.1) is 0 Å². The number of nitrogen functional groups attached to an aromatic ring is 1. The number of nitrogens with zero attached hydrogens (tertiary/aromatic N) is 1. The Morgan fingerprint density at radius 2 is 2.12 bits per heavy atom. The largest absolute Gasteiger partial charge is 0.493 e. The SMILES string of the molecule is CC(=O)c1ccc(OCCCN(C)C)cc1N. The minimum absolute atomic E-state index is 0.0262. The van der Waals surface area contributed by atoms with E-state index in [0.29, 0.717) is 23.6 Å². The van der Waals surface area contributed by atoms with Gasteiger partial charge < -0.3 is 15.4 Å². The van der Waals surface area contributed by atoms with Crippen LogP contribution in [0.15, 0.2) is 18.2 Å². The van der Waals surface area contributed by atoms with E-state index in [1.165, 1.54) is 6.92 Å². The van der Waals surface area contributed by atoms with Crippen molar-refractivity contribution in [1.29, 1.82) is 0 Å². The van der Waals surface area contributed by atoms with Crippen LogP contribution in [0.3, 0.4) is 0 Å². The van der Waals surface area contributed by atoms with E-state index in [9.17, 15) is 4.79 Å². The highest BCUT2D eigenvalue weighted by Gasteiger charge is 2.05. The molecule has 0 radical (unpaired) electrons. The van der Waals surface area contributed by atoms with Crippen LogP contribution in [0.1, 0.15) is 23.7 Å². The number of anilines is 1. The zero-order chi connectivity index (χ0) is 12.8. The van der Waals surface area contributed by atoms with Crippen molar-refractivity contribution in [3.63, 3.8) is 0 Å². The fraction of sp³-hybridized carbons (Fsp3) is 0.462. The molecule has 4 heteroatoms. The monoisotopic (exact) mass is 236 g/mol. The molecule has 0 aromatic heterocycles. The van der Waals surface area contributed by atoms with Gasteiger partial charge >= 0.3 is 0 Å². The molecule has 0 amide bonds. The van der Waals surface area contributed by atoms with Crippen molar-refractivity contribution in [3.8, 4) is 5.75 Å². The summed E-state index contributed by atoms with van der Waals surface area (Å²) in [7, 11) is 4.05. The number of hydrogen-bond acceptors (Lipinski definition) is 4. The molecule has 0 aliphatic heterocycles. The fourth-order valence-corrected chi connectivity index (χ4v) is 1.52. The standard InChI is InChI=1S/C13H20N2O2/c1-10(16)12-6-5-11(9-13(12)14)17-8-4-7-15(2)3/h5-6,9H,4,7-8,14H2,1-3H3. The van der Waals surface area contributed by atoms with Gasteiger partial charge in [-0.15, -0.1) is 0 Å². The summed E-state index contributed by atoms with van der Waals surface area (Å²) < 4.78 is 5.55. The minimum Gasteiger partial charge on any atom is -0.493 e. The van der Waals surface area contributed by atoms with E-state index in [1.54, 1.807) is 18.2 Å². The van der Waals surface area contributed by atoms with Crippen molar-refractivity contribution in [2.45, 2.75) is 13.3 Å². The van der Waals surface area contributed by atoms with Gasteiger partial charge in [-0.1, -0.05) is 0 Å². The van der Waals surface area contributed by atoms with Crippen molar-refractivity contribution < 1.29 is 9.53 Å². The van der Waals surface area contributed by atoms with E-state index in [0.717, 1.165) is 13.0 Å². The Bertz CT molecular complexity index is 389. The highest BCUT2D eigenvalue weighted by molar-refractivity contribution is 5.99. The van der Waals surface area contributed by atoms with Gasteiger partial charge in [0.1, 0.15) is 5.75 Å². The summed E-state index contributed by atoms with van der Waals surface area (Å²) >= 11 is 0. The van der Waals surface area contributed by atoms with Gasteiger partial charge in [0.05, 0.1) is 6.61 Å². The lowest BCUT2D eigenvalue weighted by molar-refractivity contribution is 0.101. The Balaban J connectivity index is 2.50. The number of rotatable bonds is 6. The Morgan fingerprint density at radius 1 is 1.41 bits per heavy atom. The summed E-state index contributed by atoms with van der Waals surface area (Å²) in [6.07, 6.45) is 0.960.